The lowest BCUT2D eigenvalue weighted by molar-refractivity contribution is -0.136. The highest BCUT2D eigenvalue weighted by atomic mass is 32.2. The number of aliphatic carboxylic acids is 1. The minimum atomic E-state index is -0.771. The predicted molar refractivity (Wildman–Crippen MR) is 34.9 cm³/mol. The molecule has 3 heteroatoms. The van der Waals surface area contributed by atoms with E-state index in [2.05, 4.69) is 6.92 Å². The maximum absolute atomic E-state index is 10.1. The van der Waals surface area contributed by atoms with Crippen molar-refractivity contribution in [1.29, 1.82) is 0 Å². The lowest BCUT2D eigenvalue weighted by atomic mass is 10.3. The van der Waals surface area contributed by atoms with Crippen molar-refractivity contribution in [1.82, 2.24) is 0 Å². The molecule has 0 fully saturated rings. The maximum atomic E-state index is 10.1. The first-order valence-electron chi connectivity index (χ1n) is 2.27. The van der Waals surface area contributed by atoms with Crippen molar-refractivity contribution in [2.75, 3.05) is 6.26 Å². The minimum absolute atomic E-state index is 0.324. The van der Waals surface area contributed by atoms with Crippen molar-refractivity contribution in [2.45, 2.75) is 11.7 Å². The molecule has 0 aromatic carbocycles. The van der Waals surface area contributed by atoms with E-state index in [9.17, 15) is 4.79 Å². The summed E-state index contributed by atoms with van der Waals surface area (Å²) in [4.78, 5) is 10.1. The molecule has 0 heterocycles. The second kappa shape index (κ2) is 3.78. The molecule has 0 saturated heterocycles. The first-order chi connectivity index (χ1) is 3.72. The average molecular weight is 133 g/mol. The molecule has 1 atom stereocenters. The van der Waals surface area contributed by atoms with Crippen LogP contribution in [0.4, 0.5) is 0 Å². The summed E-state index contributed by atoms with van der Waals surface area (Å²) in [6, 6.07) is 0. The van der Waals surface area contributed by atoms with Gasteiger partial charge >= 0.3 is 5.97 Å². The zero-order valence-electron chi connectivity index (χ0n) is 4.76. The Hall–Kier alpha value is -0.180. The van der Waals surface area contributed by atoms with E-state index in [4.69, 9.17) is 5.11 Å². The minimum Gasteiger partial charge on any atom is -0.480 e. The predicted octanol–water partition coefficient (Wildman–Crippen LogP) is 1.03. The average Bonchev–Trinajstić information content (AvgIpc) is 1.69. The number of carbonyl (C=O) groups is 1. The molecule has 0 aromatic heterocycles. The Labute approximate surface area is 53.3 Å². The van der Waals surface area contributed by atoms with E-state index in [0.29, 0.717) is 6.42 Å². The van der Waals surface area contributed by atoms with E-state index < -0.39 is 5.97 Å². The van der Waals surface area contributed by atoms with Gasteiger partial charge in [0.1, 0.15) is 5.25 Å². The summed E-state index contributed by atoms with van der Waals surface area (Å²) in [6.07, 6.45) is 2.22. The van der Waals surface area contributed by atoms with Gasteiger partial charge in [-0.25, -0.2) is 0 Å². The Bertz CT molecular complexity index is 78.5. The van der Waals surface area contributed by atoms with Gasteiger partial charge in [0.25, 0.3) is 0 Å². The topological polar surface area (TPSA) is 37.3 Å². The first-order valence-corrected chi connectivity index (χ1v) is 3.56. The van der Waals surface area contributed by atoms with Crippen molar-refractivity contribution in [3.63, 3.8) is 0 Å². The van der Waals surface area contributed by atoms with Crippen LogP contribution in [0, 0.1) is 6.92 Å². The molecule has 0 aliphatic rings. The molecular weight excluding hydrogens is 124 g/mol. The van der Waals surface area contributed by atoms with Gasteiger partial charge in [0.2, 0.25) is 0 Å². The normalized spacial score (nSPS) is 13.2. The van der Waals surface area contributed by atoms with Gasteiger partial charge in [-0.2, -0.15) is 11.8 Å². The molecule has 1 radical (unpaired) electrons. The van der Waals surface area contributed by atoms with Crippen LogP contribution in [0.2, 0.25) is 0 Å². The fourth-order valence-corrected chi connectivity index (χ4v) is 0.779. The van der Waals surface area contributed by atoms with Gasteiger partial charge in [0.05, 0.1) is 0 Å². The van der Waals surface area contributed by atoms with Crippen LogP contribution >= 0.6 is 11.8 Å². The van der Waals surface area contributed by atoms with Crippen LogP contribution in [0.15, 0.2) is 0 Å². The van der Waals surface area contributed by atoms with E-state index in [1.807, 2.05) is 0 Å². The molecule has 1 N–H and O–H groups in total. The zero-order chi connectivity index (χ0) is 6.57. The number of carboxylic acids is 1. The van der Waals surface area contributed by atoms with Gasteiger partial charge in [-0.15, -0.1) is 0 Å². The Morgan fingerprint density at radius 3 is 2.50 bits per heavy atom. The van der Waals surface area contributed by atoms with Gasteiger partial charge in [-0.1, -0.05) is 6.92 Å². The molecule has 2 nitrogen and oxygen atoms in total. The maximum Gasteiger partial charge on any atom is 0.316 e. The second-order valence-electron chi connectivity index (χ2n) is 1.35. The molecule has 0 spiro atoms. The summed E-state index contributed by atoms with van der Waals surface area (Å²) >= 11 is 1.32. The number of thioether (sulfide) groups is 1. The van der Waals surface area contributed by atoms with Crippen LogP contribution in [0.3, 0.4) is 0 Å². The summed E-state index contributed by atoms with van der Waals surface area (Å²) in [7, 11) is 0. The van der Waals surface area contributed by atoms with E-state index >= 15 is 0 Å². The molecule has 0 amide bonds. The summed E-state index contributed by atoms with van der Waals surface area (Å²) in [5.74, 6) is -0.771. The fraction of sp³-hybridized carbons (Fsp3) is 0.600. The largest absolute Gasteiger partial charge is 0.480 e. The molecule has 47 valence electrons. The van der Waals surface area contributed by atoms with Gasteiger partial charge in [0, 0.05) is 0 Å². The molecule has 0 saturated carbocycles. The van der Waals surface area contributed by atoms with Crippen molar-refractivity contribution < 1.29 is 9.90 Å². The lowest BCUT2D eigenvalue weighted by Crippen LogP contribution is -2.13. The third-order valence-electron chi connectivity index (χ3n) is 0.822. The Morgan fingerprint density at radius 2 is 2.50 bits per heavy atom. The molecule has 0 aromatic rings. The Balaban J connectivity index is 3.52. The molecule has 1 unspecified atom stereocenters. The van der Waals surface area contributed by atoms with Gasteiger partial charge < -0.3 is 5.11 Å². The quantitative estimate of drug-likeness (QED) is 0.624. The van der Waals surface area contributed by atoms with Gasteiger partial charge in [0.15, 0.2) is 0 Å². The van der Waals surface area contributed by atoms with Crippen LogP contribution in [0.25, 0.3) is 0 Å². The van der Waals surface area contributed by atoms with E-state index in [1.54, 1.807) is 6.26 Å². The molecular formula is C5H9O2S. The summed E-state index contributed by atoms with van der Waals surface area (Å²) in [5.41, 5.74) is 0. The van der Waals surface area contributed by atoms with Gasteiger partial charge in [-0.3, -0.25) is 4.79 Å². The number of rotatable bonds is 3. The number of hydrogen-bond acceptors (Lipinski definition) is 2. The van der Waals surface area contributed by atoms with E-state index in [1.165, 1.54) is 11.8 Å². The number of hydrogen-bond donors (Lipinski definition) is 1. The highest BCUT2D eigenvalue weighted by Gasteiger charge is 2.11. The third-order valence-corrected chi connectivity index (χ3v) is 1.83. The summed E-state index contributed by atoms with van der Waals surface area (Å²) in [5, 5.41) is 7.99. The summed E-state index contributed by atoms with van der Waals surface area (Å²) in [6.45, 7) is 3.48. The monoisotopic (exact) mass is 133 g/mol. The standard InChI is InChI=1S/C5H9O2S/c1-3-4(8-2)5(6)7/h4H,1,3H2,2H3,(H,6,7). The fourth-order valence-electron chi connectivity index (χ4n) is 0.342. The third kappa shape index (κ3) is 2.21. The lowest BCUT2D eigenvalue weighted by Gasteiger charge is -2.02. The Morgan fingerprint density at radius 1 is 2.00 bits per heavy atom. The van der Waals surface area contributed by atoms with Crippen LogP contribution in [0.5, 0.6) is 0 Å². The van der Waals surface area contributed by atoms with Crippen LogP contribution < -0.4 is 0 Å². The SMILES string of the molecule is [CH2]CC(SC)C(=O)O. The highest BCUT2D eigenvalue weighted by molar-refractivity contribution is 7.99. The van der Waals surface area contributed by atoms with E-state index in [-0.39, 0.29) is 5.25 Å². The number of carboxylic acid groups (broad SMARTS) is 1. The van der Waals surface area contributed by atoms with Crippen LogP contribution in [-0.4, -0.2) is 22.6 Å². The van der Waals surface area contributed by atoms with Crippen molar-refractivity contribution >= 4 is 17.7 Å². The molecule has 0 aliphatic carbocycles. The first kappa shape index (κ1) is 7.82. The van der Waals surface area contributed by atoms with Crippen LogP contribution in [0.1, 0.15) is 6.42 Å². The van der Waals surface area contributed by atoms with E-state index in [0.717, 1.165) is 0 Å². The van der Waals surface area contributed by atoms with Crippen molar-refractivity contribution in [3.8, 4) is 0 Å². The second-order valence-corrected chi connectivity index (χ2v) is 2.39. The molecule has 0 rings (SSSR count). The molecule has 0 aliphatic heterocycles. The molecule has 8 heavy (non-hydrogen) atoms. The van der Waals surface area contributed by atoms with Crippen molar-refractivity contribution in [3.05, 3.63) is 6.92 Å². The Kier molecular flexibility index (Phi) is 3.69. The van der Waals surface area contributed by atoms with Crippen molar-refractivity contribution in [2.24, 2.45) is 0 Å². The van der Waals surface area contributed by atoms with Crippen LogP contribution in [-0.2, 0) is 4.79 Å². The summed E-state index contributed by atoms with van der Waals surface area (Å²) < 4.78 is 0. The zero-order valence-corrected chi connectivity index (χ0v) is 5.57. The van der Waals surface area contributed by atoms with Gasteiger partial charge in [-0.05, 0) is 12.7 Å². The highest BCUT2D eigenvalue weighted by Crippen LogP contribution is 2.08. The molecule has 0 bridgehead atoms. The smallest absolute Gasteiger partial charge is 0.316 e.